The quantitative estimate of drug-likeness (QED) is 0.699. The highest BCUT2D eigenvalue weighted by Gasteiger charge is 2.30. The van der Waals surface area contributed by atoms with Crippen LogP contribution in [-0.4, -0.2) is 54.8 Å². The normalized spacial score (nSPS) is 12.4. The molecular formula is C17H21F3N4O3S. The third kappa shape index (κ3) is 5.32. The van der Waals surface area contributed by atoms with Crippen LogP contribution in [0, 0.1) is 6.92 Å². The Hall–Kier alpha value is -2.40. The number of alkyl halides is 3. The predicted molar refractivity (Wildman–Crippen MR) is 97.7 cm³/mol. The van der Waals surface area contributed by atoms with E-state index in [1.54, 1.807) is 6.92 Å². The van der Waals surface area contributed by atoms with Crippen molar-refractivity contribution in [2.75, 3.05) is 26.4 Å². The molecule has 28 heavy (non-hydrogen) atoms. The zero-order valence-electron chi connectivity index (χ0n) is 15.6. The van der Waals surface area contributed by atoms with Crippen LogP contribution in [0.3, 0.4) is 0 Å². The Kier molecular flexibility index (Phi) is 6.50. The number of hydrogen-bond acceptors (Lipinski definition) is 4. The van der Waals surface area contributed by atoms with Crippen LogP contribution in [0.5, 0.6) is 0 Å². The maximum absolute atomic E-state index is 12.9. The molecule has 154 valence electrons. The predicted octanol–water partition coefficient (Wildman–Crippen LogP) is 2.21. The van der Waals surface area contributed by atoms with Crippen LogP contribution in [0.2, 0.25) is 0 Å². The molecule has 0 saturated heterocycles. The smallest absolute Gasteiger partial charge is 0.352 e. The molecule has 0 bridgehead atoms. The van der Waals surface area contributed by atoms with E-state index in [-0.39, 0.29) is 24.3 Å². The Morgan fingerprint density at radius 3 is 2.61 bits per heavy atom. The number of amides is 1. The Labute approximate surface area is 161 Å². The van der Waals surface area contributed by atoms with Crippen LogP contribution in [-0.2, 0) is 16.2 Å². The van der Waals surface area contributed by atoms with Gasteiger partial charge in [0.25, 0.3) is 5.91 Å². The van der Waals surface area contributed by atoms with E-state index in [0.717, 1.165) is 18.4 Å². The van der Waals surface area contributed by atoms with Gasteiger partial charge in [-0.2, -0.15) is 18.3 Å². The maximum atomic E-state index is 12.9. The van der Waals surface area contributed by atoms with Crippen molar-refractivity contribution in [1.82, 2.24) is 19.4 Å². The molecule has 2 rings (SSSR count). The number of hydrogen-bond donors (Lipinski definition) is 1. The van der Waals surface area contributed by atoms with Crippen molar-refractivity contribution in [3.63, 3.8) is 0 Å². The molecule has 0 aliphatic carbocycles. The number of carbonyl (C=O) groups excluding carboxylic acids is 1. The van der Waals surface area contributed by atoms with Crippen molar-refractivity contribution in [3.8, 4) is 5.69 Å². The molecule has 0 saturated carbocycles. The second-order valence-electron chi connectivity index (χ2n) is 6.30. The Morgan fingerprint density at radius 2 is 2.00 bits per heavy atom. The average molecular weight is 418 g/mol. The van der Waals surface area contributed by atoms with Gasteiger partial charge in [-0.1, -0.05) is 6.07 Å². The Morgan fingerprint density at radius 1 is 1.32 bits per heavy atom. The third-order valence-corrected chi connectivity index (χ3v) is 5.49. The molecule has 1 aromatic carbocycles. The van der Waals surface area contributed by atoms with E-state index in [2.05, 4.69) is 10.4 Å². The summed E-state index contributed by atoms with van der Waals surface area (Å²) in [5.41, 5.74) is 0.0148. The van der Waals surface area contributed by atoms with Crippen molar-refractivity contribution in [1.29, 1.82) is 0 Å². The summed E-state index contributed by atoms with van der Waals surface area (Å²) in [5, 5.41) is 6.67. The molecule has 0 unspecified atom stereocenters. The summed E-state index contributed by atoms with van der Waals surface area (Å²) < 4.78 is 63.7. The molecule has 0 atom stereocenters. The van der Waals surface area contributed by atoms with Crippen molar-refractivity contribution >= 4 is 15.9 Å². The molecule has 1 amide bonds. The van der Waals surface area contributed by atoms with Gasteiger partial charge in [-0.25, -0.2) is 17.4 Å². The highest BCUT2D eigenvalue weighted by atomic mass is 32.2. The fourth-order valence-corrected chi connectivity index (χ4v) is 2.93. The van der Waals surface area contributed by atoms with Crippen LogP contribution in [0.1, 0.15) is 28.0 Å². The van der Waals surface area contributed by atoms with Gasteiger partial charge in [-0.15, -0.1) is 0 Å². The van der Waals surface area contributed by atoms with Crippen molar-refractivity contribution in [3.05, 3.63) is 47.3 Å². The summed E-state index contributed by atoms with van der Waals surface area (Å²) in [4.78, 5) is 12.3. The standard InChI is InChI=1S/C17H21F3N4O3S/c1-12-15(16(25)21-8-5-9-23(2)28(3,26)27)11-22-24(12)14-7-4-6-13(10-14)17(18,19)20/h4,6-7,10-11H,5,8-9H2,1-3H3,(H,21,25). The monoisotopic (exact) mass is 418 g/mol. The Balaban J connectivity index is 2.06. The molecule has 11 heteroatoms. The van der Waals surface area contributed by atoms with Crippen LogP contribution in [0.4, 0.5) is 13.2 Å². The molecule has 0 aliphatic heterocycles. The average Bonchev–Trinajstić information content (AvgIpc) is 2.98. The SMILES string of the molecule is Cc1c(C(=O)NCCCN(C)S(C)(=O)=O)cnn1-c1cccc(C(F)(F)F)c1. The number of halogens is 3. The second kappa shape index (κ2) is 8.31. The summed E-state index contributed by atoms with van der Waals surface area (Å²) in [5.74, 6) is -0.433. The van der Waals surface area contributed by atoms with Crippen LogP contribution in [0.25, 0.3) is 5.69 Å². The van der Waals surface area contributed by atoms with Crippen molar-refractivity contribution in [2.24, 2.45) is 0 Å². The van der Waals surface area contributed by atoms with Crippen LogP contribution < -0.4 is 5.32 Å². The first-order valence-electron chi connectivity index (χ1n) is 8.33. The summed E-state index contributed by atoms with van der Waals surface area (Å²) in [6.45, 7) is 2.08. The lowest BCUT2D eigenvalue weighted by atomic mass is 10.2. The lowest BCUT2D eigenvalue weighted by Gasteiger charge is -2.13. The molecule has 0 radical (unpaired) electrons. The molecule has 1 aromatic heterocycles. The number of aromatic nitrogens is 2. The third-order valence-electron chi connectivity index (χ3n) is 4.17. The highest BCUT2D eigenvalue weighted by Crippen LogP contribution is 2.30. The number of sulfonamides is 1. The summed E-state index contributed by atoms with van der Waals surface area (Å²) in [7, 11) is -1.83. The minimum Gasteiger partial charge on any atom is -0.352 e. The van der Waals surface area contributed by atoms with E-state index < -0.39 is 27.7 Å². The molecule has 0 fully saturated rings. The molecule has 1 N–H and O–H groups in total. The van der Waals surface area contributed by atoms with Gasteiger partial charge < -0.3 is 5.32 Å². The van der Waals surface area contributed by atoms with Gasteiger partial charge in [-0.3, -0.25) is 4.79 Å². The number of benzene rings is 1. The highest BCUT2D eigenvalue weighted by molar-refractivity contribution is 7.88. The van der Waals surface area contributed by atoms with Crippen LogP contribution >= 0.6 is 0 Å². The first-order valence-corrected chi connectivity index (χ1v) is 10.2. The summed E-state index contributed by atoms with van der Waals surface area (Å²) >= 11 is 0. The molecule has 2 aromatic rings. The molecule has 0 spiro atoms. The van der Waals surface area contributed by atoms with E-state index in [1.165, 1.54) is 34.4 Å². The van der Waals surface area contributed by atoms with E-state index in [1.807, 2.05) is 0 Å². The van der Waals surface area contributed by atoms with Gasteiger partial charge in [0.15, 0.2) is 0 Å². The fraction of sp³-hybridized carbons (Fsp3) is 0.412. The topological polar surface area (TPSA) is 84.3 Å². The Bertz CT molecular complexity index is 955. The summed E-state index contributed by atoms with van der Waals surface area (Å²) in [6, 6.07) is 4.67. The number of nitrogens with one attached hydrogen (secondary N) is 1. The van der Waals surface area contributed by atoms with Gasteiger partial charge in [0.2, 0.25) is 10.0 Å². The van der Waals surface area contributed by atoms with Gasteiger partial charge >= 0.3 is 6.18 Å². The zero-order valence-corrected chi connectivity index (χ0v) is 16.4. The van der Waals surface area contributed by atoms with Gasteiger partial charge in [0.1, 0.15) is 0 Å². The molecule has 0 aliphatic rings. The van der Waals surface area contributed by atoms with E-state index in [0.29, 0.717) is 12.1 Å². The maximum Gasteiger partial charge on any atom is 0.416 e. The number of nitrogens with zero attached hydrogens (tertiary/aromatic N) is 3. The largest absolute Gasteiger partial charge is 0.416 e. The van der Waals surface area contributed by atoms with E-state index in [4.69, 9.17) is 0 Å². The first kappa shape index (κ1) is 21.9. The molecular weight excluding hydrogens is 397 g/mol. The van der Waals surface area contributed by atoms with Gasteiger partial charge in [0, 0.05) is 20.1 Å². The lowest BCUT2D eigenvalue weighted by Crippen LogP contribution is -2.31. The molecule has 1 heterocycles. The number of carbonyl (C=O) groups is 1. The van der Waals surface area contributed by atoms with E-state index >= 15 is 0 Å². The minimum absolute atomic E-state index is 0.196. The molecule has 7 nitrogen and oxygen atoms in total. The summed E-state index contributed by atoms with van der Waals surface area (Å²) in [6.07, 6.45) is -1.68. The van der Waals surface area contributed by atoms with Gasteiger partial charge in [0.05, 0.1) is 35.0 Å². The van der Waals surface area contributed by atoms with E-state index in [9.17, 15) is 26.4 Å². The first-order chi connectivity index (χ1) is 12.9. The zero-order chi connectivity index (χ0) is 21.1. The minimum atomic E-state index is -4.48. The van der Waals surface area contributed by atoms with Crippen molar-refractivity contribution in [2.45, 2.75) is 19.5 Å². The fourth-order valence-electron chi connectivity index (χ4n) is 2.47. The van der Waals surface area contributed by atoms with Gasteiger partial charge in [-0.05, 0) is 31.5 Å². The second-order valence-corrected chi connectivity index (χ2v) is 8.39. The van der Waals surface area contributed by atoms with Crippen molar-refractivity contribution < 1.29 is 26.4 Å². The lowest BCUT2D eigenvalue weighted by molar-refractivity contribution is -0.137. The number of rotatable bonds is 7. The van der Waals surface area contributed by atoms with Crippen LogP contribution in [0.15, 0.2) is 30.5 Å².